The summed E-state index contributed by atoms with van der Waals surface area (Å²) in [6.07, 6.45) is 7.73. The van der Waals surface area contributed by atoms with E-state index in [1.165, 1.54) is 32.1 Å². The zero-order valence-corrected chi connectivity index (χ0v) is 14.6. The molecule has 1 rings (SSSR count). The monoisotopic (exact) mass is 284 g/mol. The van der Waals surface area contributed by atoms with E-state index in [-0.39, 0.29) is 5.60 Å². The van der Waals surface area contributed by atoms with Crippen LogP contribution in [0.2, 0.25) is 0 Å². The van der Waals surface area contributed by atoms with Crippen LogP contribution >= 0.6 is 0 Å². The minimum absolute atomic E-state index is 0.0157. The van der Waals surface area contributed by atoms with Crippen LogP contribution < -0.4 is 5.32 Å². The molecule has 0 aromatic rings. The van der Waals surface area contributed by atoms with E-state index in [2.05, 4.69) is 45.0 Å². The maximum absolute atomic E-state index is 5.60. The van der Waals surface area contributed by atoms with Gasteiger partial charge in [-0.3, -0.25) is 4.90 Å². The van der Waals surface area contributed by atoms with Crippen LogP contribution in [-0.4, -0.2) is 49.3 Å². The van der Waals surface area contributed by atoms with Crippen molar-refractivity contribution < 1.29 is 4.74 Å². The largest absolute Gasteiger partial charge is 0.379 e. The minimum Gasteiger partial charge on any atom is -0.379 e. The molecular formula is C17H36N2O. The standard InChI is InChI=1S/C17H36N2O/c1-7-19(8-2)17(12-9-10-13-17)15(18-5)11-14-16(3,4)20-6/h15,18H,7-14H2,1-6H3. The van der Waals surface area contributed by atoms with E-state index in [0.717, 1.165) is 19.5 Å². The normalized spacial score (nSPS) is 20.6. The van der Waals surface area contributed by atoms with Crippen molar-refractivity contribution in [2.24, 2.45) is 0 Å². The molecule has 1 atom stereocenters. The molecule has 0 aliphatic heterocycles. The van der Waals surface area contributed by atoms with Crippen LogP contribution in [0.3, 0.4) is 0 Å². The van der Waals surface area contributed by atoms with Crippen molar-refractivity contribution in [3.8, 4) is 0 Å². The molecule has 0 radical (unpaired) electrons. The van der Waals surface area contributed by atoms with E-state index in [0.29, 0.717) is 11.6 Å². The molecule has 1 aliphatic carbocycles. The molecule has 0 amide bonds. The summed E-state index contributed by atoms with van der Waals surface area (Å²) in [5, 5.41) is 3.63. The average molecular weight is 284 g/mol. The lowest BCUT2D eigenvalue weighted by molar-refractivity contribution is 0.000443. The van der Waals surface area contributed by atoms with Gasteiger partial charge >= 0.3 is 0 Å². The van der Waals surface area contributed by atoms with Gasteiger partial charge in [0.05, 0.1) is 5.60 Å². The first kappa shape index (κ1) is 17.9. The Labute approximate surface area is 126 Å². The fourth-order valence-corrected chi connectivity index (χ4v) is 4.00. The van der Waals surface area contributed by atoms with Crippen LogP contribution in [0.5, 0.6) is 0 Å². The van der Waals surface area contributed by atoms with Gasteiger partial charge < -0.3 is 10.1 Å². The lowest BCUT2D eigenvalue weighted by Gasteiger charge is -2.47. The Kier molecular flexibility index (Phi) is 6.96. The van der Waals surface area contributed by atoms with Gasteiger partial charge in [0.15, 0.2) is 0 Å². The first-order chi connectivity index (χ1) is 9.45. The van der Waals surface area contributed by atoms with Crippen LogP contribution in [0.1, 0.15) is 66.2 Å². The molecule has 1 saturated carbocycles. The number of rotatable bonds is 9. The van der Waals surface area contributed by atoms with Gasteiger partial charge in [-0.2, -0.15) is 0 Å². The third-order valence-corrected chi connectivity index (χ3v) is 5.45. The smallest absolute Gasteiger partial charge is 0.0623 e. The van der Waals surface area contributed by atoms with E-state index in [1.54, 1.807) is 0 Å². The highest BCUT2D eigenvalue weighted by Gasteiger charge is 2.44. The number of likely N-dealkylation sites (N-methyl/N-ethyl adjacent to an activating group) is 2. The minimum atomic E-state index is -0.0157. The summed E-state index contributed by atoms with van der Waals surface area (Å²) < 4.78 is 5.60. The van der Waals surface area contributed by atoms with E-state index in [9.17, 15) is 0 Å². The second kappa shape index (κ2) is 7.77. The Hall–Kier alpha value is -0.120. The van der Waals surface area contributed by atoms with E-state index in [4.69, 9.17) is 4.74 Å². The van der Waals surface area contributed by atoms with E-state index < -0.39 is 0 Å². The van der Waals surface area contributed by atoms with E-state index >= 15 is 0 Å². The lowest BCUT2D eigenvalue weighted by atomic mass is 9.81. The van der Waals surface area contributed by atoms with E-state index in [1.807, 2.05) is 7.11 Å². The molecular weight excluding hydrogens is 248 g/mol. The fraction of sp³-hybridized carbons (Fsp3) is 1.00. The van der Waals surface area contributed by atoms with Crippen LogP contribution in [-0.2, 0) is 4.74 Å². The first-order valence-electron chi connectivity index (χ1n) is 8.43. The fourth-order valence-electron chi connectivity index (χ4n) is 4.00. The summed E-state index contributed by atoms with van der Waals surface area (Å²) in [7, 11) is 3.96. The van der Waals surface area contributed by atoms with Gasteiger partial charge in [0.2, 0.25) is 0 Å². The molecule has 0 saturated heterocycles. The molecule has 0 heterocycles. The third kappa shape index (κ3) is 3.96. The summed E-state index contributed by atoms with van der Waals surface area (Å²) in [5.74, 6) is 0. The van der Waals surface area contributed by atoms with Gasteiger partial charge in [-0.25, -0.2) is 0 Å². The molecule has 1 unspecified atom stereocenters. The van der Waals surface area contributed by atoms with Gasteiger partial charge in [0.25, 0.3) is 0 Å². The first-order valence-corrected chi connectivity index (χ1v) is 8.43. The van der Waals surface area contributed by atoms with Crippen LogP contribution in [0, 0.1) is 0 Å². The Morgan fingerprint density at radius 1 is 1.20 bits per heavy atom. The molecule has 1 N–H and O–H groups in total. The Morgan fingerprint density at radius 3 is 2.15 bits per heavy atom. The highest BCUT2D eigenvalue weighted by Crippen LogP contribution is 2.40. The Morgan fingerprint density at radius 2 is 1.75 bits per heavy atom. The summed E-state index contributed by atoms with van der Waals surface area (Å²) in [6, 6.07) is 0.569. The number of hydrogen-bond acceptors (Lipinski definition) is 3. The third-order valence-electron chi connectivity index (χ3n) is 5.45. The zero-order chi connectivity index (χ0) is 15.2. The molecule has 0 aromatic carbocycles. The summed E-state index contributed by atoms with van der Waals surface area (Å²) in [6.45, 7) is 11.3. The molecule has 3 nitrogen and oxygen atoms in total. The zero-order valence-electron chi connectivity index (χ0n) is 14.6. The predicted octanol–water partition coefficient (Wildman–Crippen LogP) is 3.43. The Balaban J connectivity index is 2.82. The second-order valence-electron chi connectivity index (χ2n) is 6.83. The van der Waals surface area contributed by atoms with Crippen LogP contribution in [0.15, 0.2) is 0 Å². The van der Waals surface area contributed by atoms with Crippen molar-refractivity contribution in [3.05, 3.63) is 0 Å². The van der Waals surface area contributed by atoms with Gasteiger partial charge in [-0.15, -0.1) is 0 Å². The number of nitrogens with zero attached hydrogens (tertiary/aromatic N) is 1. The maximum atomic E-state index is 5.60. The van der Waals surface area contributed by atoms with Crippen LogP contribution in [0.25, 0.3) is 0 Å². The number of nitrogens with one attached hydrogen (secondary N) is 1. The Bertz CT molecular complexity index is 268. The molecule has 20 heavy (non-hydrogen) atoms. The molecule has 1 aliphatic rings. The number of hydrogen-bond donors (Lipinski definition) is 1. The highest BCUT2D eigenvalue weighted by molar-refractivity contribution is 5.03. The van der Waals surface area contributed by atoms with Gasteiger partial charge in [0, 0.05) is 18.7 Å². The molecule has 0 aromatic heterocycles. The lowest BCUT2D eigenvalue weighted by Crippen LogP contribution is -2.59. The van der Waals surface area contributed by atoms with Crippen molar-refractivity contribution in [2.75, 3.05) is 27.2 Å². The average Bonchev–Trinajstić information content (AvgIpc) is 2.91. The van der Waals surface area contributed by atoms with Crippen LogP contribution in [0.4, 0.5) is 0 Å². The summed E-state index contributed by atoms with van der Waals surface area (Å²) in [5.41, 5.74) is 0.347. The van der Waals surface area contributed by atoms with Crippen molar-refractivity contribution >= 4 is 0 Å². The van der Waals surface area contributed by atoms with Crippen molar-refractivity contribution in [2.45, 2.75) is 83.4 Å². The van der Waals surface area contributed by atoms with Crippen molar-refractivity contribution in [1.29, 1.82) is 0 Å². The molecule has 120 valence electrons. The second-order valence-corrected chi connectivity index (χ2v) is 6.83. The van der Waals surface area contributed by atoms with Crippen molar-refractivity contribution in [3.63, 3.8) is 0 Å². The maximum Gasteiger partial charge on any atom is 0.0623 e. The summed E-state index contributed by atoms with van der Waals surface area (Å²) >= 11 is 0. The topological polar surface area (TPSA) is 24.5 Å². The van der Waals surface area contributed by atoms with Crippen molar-refractivity contribution in [1.82, 2.24) is 10.2 Å². The SMILES string of the molecule is CCN(CC)C1(C(CCC(C)(C)OC)NC)CCCC1. The molecule has 3 heteroatoms. The number of ether oxygens (including phenoxy) is 1. The predicted molar refractivity (Wildman–Crippen MR) is 87.3 cm³/mol. The molecule has 1 fully saturated rings. The summed E-state index contributed by atoms with van der Waals surface area (Å²) in [4.78, 5) is 2.70. The van der Waals surface area contributed by atoms with Gasteiger partial charge in [-0.1, -0.05) is 26.7 Å². The molecule has 0 spiro atoms. The quantitative estimate of drug-likeness (QED) is 0.702. The molecule has 0 bridgehead atoms. The number of methoxy groups -OCH3 is 1. The highest BCUT2D eigenvalue weighted by atomic mass is 16.5. The van der Waals surface area contributed by atoms with Gasteiger partial charge in [0.1, 0.15) is 0 Å². The van der Waals surface area contributed by atoms with Gasteiger partial charge in [-0.05, 0) is 59.7 Å².